The Kier molecular flexibility index (Phi) is 5.67. The molecule has 3 rings (SSSR count). The minimum absolute atomic E-state index is 0.208. The van der Waals surface area contributed by atoms with Crippen LogP contribution in [0.3, 0.4) is 0 Å². The SMILES string of the molecule is C=CCN(Cc1nccn1Cc1ccc(C(F)(F)F)cc1)C(=O)c1ccco1. The van der Waals surface area contributed by atoms with E-state index in [0.717, 1.165) is 12.1 Å². The van der Waals surface area contributed by atoms with Crippen molar-refractivity contribution in [2.75, 3.05) is 6.54 Å². The summed E-state index contributed by atoms with van der Waals surface area (Å²) in [5.74, 6) is 0.512. The van der Waals surface area contributed by atoms with Crippen LogP contribution in [-0.4, -0.2) is 26.9 Å². The van der Waals surface area contributed by atoms with Crippen molar-refractivity contribution in [1.29, 1.82) is 0 Å². The number of carbonyl (C=O) groups excluding carboxylic acids is 1. The van der Waals surface area contributed by atoms with E-state index in [2.05, 4.69) is 11.6 Å². The summed E-state index contributed by atoms with van der Waals surface area (Å²) in [7, 11) is 0. The van der Waals surface area contributed by atoms with Gasteiger partial charge < -0.3 is 13.9 Å². The van der Waals surface area contributed by atoms with E-state index in [1.165, 1.54) is 23.3 Å². The molecule has 0 atom stereocenters. The summed E-state index contributed by atoms with van der Waals surface area (Å²) in [5.41, 5.74) is 0.00295. The highest BCUT2D eigenvalue weighted by molar-refractivity contribution is 5.91. The first-order chi connectivity index (χ1) is 13.4. The molecule has 0 aliphatic heterocycles. The second-order valence-electron chi connectivity index (χ2n) is 6.12. The lowest BCUT2D eigenvalue weighted by Crippen LogP contribution is -2.31. The van der Waals surface area contributed by atoms with Gasteiger partial charge in [-0.15, -0.1) is 6.58 Å². The largest absolute Gasteiger partial charge is 0.459 e. The lowest BCUT2D eigenvalue weighted by molar-refractivity contribution is -0.137. The summed E-state index contributed by atoms with van der Waals surface area (Å²) < 4.78 is 45.0. The molecule has 146 valence electrons. The van der Waals surface area contributed by atoms with Crippen molar-refractivity contribution in [1.82, 2.24) is 14.5 Å². The number of aromatic nitrogens is 2. The first kappa shape index (κ1) is 19.5. The first-order valence-corrected chi connectivity index (χ1v) is 8.48. The van der Waals surface area contributed by atoms with Gasteiger partial charge in [0.1, 0.15) is 5.82 Å². The molecular formula is C20H18F3N3O2. The molecule has 1 aromatic carbocycles. The van der Waals surface area contributed by atoms with Crippen LogP contribution in [0.15, 0.2) is 72.1 Å². The highest BCUT2D eigenvalue weighted by atomic mass is 19.4. The predicted octanol–water partition coefficient (Wildman–Crippen LogP) is 4.37. The fourth-order valence-corrected chi connectivity index (χ4v) is 2.73. The summed E-state index contributed by atoms with van der Waals surface area (Å²) >= 11 is 0. The van der Waals surface area contributed by atoms with Gasteiger partial charge in [0.05, 0.1) is 18.4 Å². The minimum Gasteiger partial charge on any atom is -0.459 e. The summed E-state index contributed by atoms with van der Waals surface area (Å²) in [5, 5.41) is 0. The van der Waals surface area contributed by atoms with Crippen LogP contribution in [0.1, 0.15) is 27.5 Å². The summed E-state index contributed by atoms with van der Waals surface area (Å²) in [6.45, 7) is 4.51. The number of hydrogen-bond donors (Lipinski definition) is 0. The Bertz CT molecular complexity index is 929. The second kappa shape index (κ2) is 8.16. The molecule has 3 aromatic rings. The van der Waals surface area contributed by atoms with Crippen LogP contribution >= 0.6 is 0 Å². The van der Waals surface area contributed by atoms with Crippen LogP contribution in [0.25, 0.3) is 0 Å². The van der Waals surface area contributed by atoms with E-state index in [9.17, 15) is 18.0 Å². The number of alkyl halides is 3. The maximum absolute atomic E-state index is 12.7. The van der Waals surface area contributed by atoms with Gasteiger partial charge in [0, 0.05) is 25.5 Å². The third-order valence-corrected chi connectivity index (χ3v) is 4.14. The van der Waals surface area contributed by atoms with E-state index in [-0.39, 0.29) is 18.2 Å². The van der Waals surface area contributed by atoms with Crippen LogP contribution in [0.4, 0.5) is 13.2 Å². The second-order valence-corrected chi connectivity index (χ2v) is 6.12. The van der Waals surface area contributed by atoms with Gasteiger partial charge in [-0.25, -0.2) is 4.98 Å². The number of furan rings is 1. The number of benzene rings is 1. The van der Waals surface area contributed by atoms with Gasteiger partial charge in [-0.1, -0.05) is 18.2 Å². The fraction of sp³-hybridized carbons (Fsp3) is 0.200. The van der Waals surface area contributed by atoms with Crippen molar-refractivity contribution in [3.8, 4) is 0 Å². The molecule has 0 saturated heterocycles. The quantitative estimate of drug-likeness (QED) is 0.564. The van der Waals surface area contributed by atoms with Crippen LogP contribution in [0, 0.1) is 0 Å². The first-order valence-electron chi connectivity index (χ1n) is 8.48. The number of halogens is 3. The molecule has 0 fully saturated rings. The Labute approximate surface area is 159 Å². The highest BCUT2D eigenvalue weighted by Gasteiger charge is 2.30. The molecule has 0 aliphatic carbocycles. The molecule has 2 heterocycles. The molecule has 0 radical (unpaired) electrons. The smallest absolute Gasteiger partial charge is 0.416 e. The van der Waals surface area contributed by atoms with E-state index in [4.69, 9.17) is 4.42 Å². The average Bonchev–Trinajstić information content (AvgIpc) is 3.33. The monoisotopic (exact) mass is 389 g/mol. The molecule has 0 N–H and O–H groups in total. The van der Waals surface area contributed by atoms with Crippen molar-refractivity contribution in [2.45, 2.75) is 19.3 Å². The van der Waals surface area contributed by atoms with Crippen LogP contribution in [-0.2, 0) is 19.3 Å². The molecular weight excluding hydrogens is 371 g/mol. The Hall–Kier alpha value is -3.29. The number of imidazole rings is 1. The maximum Gasteiger partial charge on any atom is 0.416 e. The number of rotatable bonds is 7. The van der Waals surface area contributed by atoms with Gasteiger partial charge in [0.25, 0.3) is 5.91 Å². The number of nitrogens with zero attached hydrogens (tertiary/aromatic N) is 3. The molecule has 0 saturated carbocycles. The summed E-state index contributed by atoms with van der Waals surface area (Å²) in [6.07, 6.45) is 1.96. The normalized spacial score (nSPS) is 11.4. The standard InChI is InChI=1S/C20H18F3N3O2/c1-2-10-26(19(27)17-4-3-12-28-17)14-18-24-9-11-25(18)13-15-5-7-16(8-6-15)20(21,22)23/h2-9,11-12H,1,10,13-14H2. The lowest BCUT2D eigenvalue weighted by Gasteiger charge is -2.20. The molecule has 0 aliphatic rings. The van der Waals surface area contributed by atoms with E-state index < -0.39 is 11.7 Å². The van der Waals surface area contributed by atoms with E-state index in [0.29, 0.717) is 24.5 Å². The predicted molar refractivity (Wildman–Crippen MR) is 96.4 cm³/mol. The molecule has 8 heteroatoms. The number of carbonyl (C=O) groups is 1. The van der Waals surface area contributed by atoms with Crippen LogP contribution in [0.2, 0.25) is 0 Å². The van der Waals surface area contributed by atoms with E-state index in [1.54, 1.807) is 35.2 Å². The van der Waals surface area contributed by atoms with Gasteiger partial charge in [0.2, 0.25) is 0 Å². The summed E-state index contributed by atoms with van der Waals surface area (Å²) in [6, 6.07) is 8.18. The molecule has 0 unspecified atom stereocenters. The molecule has 5 nitrogen and oxygen atoms in total. The molecule has 0 spiro atoms. The van der Waals surface area contributed by atoms with Crippen molar-refractivity contribution in [3.05, 3.63) is 90.4 Å². The zero-order chi connectivity index (χ0) is 20.1. The Balaban J connectivity index is 1.75. The Morgan fingerprint density at radius 3 is 2.61 bits per heavy atom. The van der Waals surface area contributed by atoms with Crippen molar-refractivity contribution < 1.29 is 22.4 Å². The Morgan fingerprint density at radius 1 is 1.25 bits per heavy atom. The lowest BCUT2D eigenvalue weighted by atomic mass is 10.1. The van der Waals surface area contributed by atoms with E-state index >= 15 is 0 Å². The zero-order valence-corrected chi connectivity index (χ0v) is 14.9. The third-order valence-electron chi connectivity index (χ3n) is 4.14. The fourth-order valence-electron chi connectivity index (χ4n) is 2.73. The van der Waals surface area contributed by atoms with E-state index in [1.807, 2.05) is 0 Å². The van der Waals surface area contributed by atoms with Crippen molar-refractivity contribution in [2.24, 2.45) is 0 Å². The highest BCUT2D eigenvalue weighted by Crippen LogP contribution is 2.29. The van der Waals surface area contributed by atoms with Gasteiger partial charge >= 0.3 is 6.18 Å². The van der Waals surface area contributed by atoms with Gasteiger partial charge in [-0.2, -0.15) is 13.2 Å². The number of amides is 1. The van der Waals surface area contributed by atoms with Crippen LogP contribution in [0.5, 0.6) is 0 Å². The Morgan fingerprint density at radius 2 is 2.00 bits per heavy atom. The average molecular weight is 389 g/mol. The van der Waals surface area contributed by atoms with Crippen molar-refractivity contribution >= 4 is 5.91 Å². The van der Waals surface area contributed by atoms with Gasteiger partial charge in [0.15, 0.2) is 5.76 Å². The van der Waals surface area contributed by atoms with Crippen LogP contribution < -0.4 is 0 Å². The topological polar surface area (TPSA) is 51.3 Å². The zero-order valence-electron chi connectivity index (χ0n) is 14.9. The van der Waals surface area contributed by atoms with Gasteiger partial charge in [-0.3, -0.25) is 4.79 Å². The summed E-state index contributed by atoms with van der Waals surface area (Å²) in [4.78, 5) is 18.4. The maximum atomic E-state index is 12.7. The number of hydrogen-bond acceptors (Lipinski definition) is 3. The van der Waals surface area contributed by atoms with Gasteiger partial charge in [-0.05, 0) is 29.8 Å². The molecule has 2 aromatic heterocycles. The van der Waals surface area contributed by atoms with Crippen molar-refractivity contribution in [3.63, 3.8) is 0 Å². The minimum atomic E-state index is -4.36. The molecule has 28 heavy (non-hydrogen) atoms. The molecule has 1 amide bonds. The third kappa shape index (κ3) is 4.51. The molecule has 0 bridgehead atoms.